The van der Waals surface area contributed by atoms with E-state index in [0.29, 0.717) is 12.5 Å². The first-order valence-electron chi connectivity index (χ1n) is 6.04. The van der Waals surface area contributed by atoms with Gasteiger partial charge in [0.1, 0.15) is 19.2 Å². The molecule has 17 heavy (non-hydrogen) atoms. The van der Waals surface area contributed by atoms with Crippen LogP contribution in [-0.2, 0) is 11.3 Å². The van der Waals surface area contributed by atoms with Crippen LogP contribution in [0.3, 0.4) is 0 Å². The van der Waals surface area contributed by atoms with Gasteiger partial charge in [0.05, 0.1) is 0 Å². The zero-order valence-electron chi connectivity index (χ0n) is 10.1. The van der Waals surface area contributed by atoms with E-state index in [-0.39, 0.29) is 18.5 Å². The minimum atomic E-state index is 0.0810. The van der Waals surface area contributed by atoms with E-state index >= 15 is 0 Å². The van der Waals surface area contributed by atoms with Crippen molar-refractivity contribution in [3.05, 3.63) is 12.7 Å². The minimum Gasteiger partial charge on any atom is -0.337 e. The monoisotopic (exact) mass is 237 g/mol. The lowest BCUT2D eigenvalue weighted by Crippen LogP contribution is -2.52. The molecule has 1 aromatic heterocycles. The van der Waals surface area contributed by atoms with Crippen molar-refractivity contribution in [3.63, 3.8) is 0 Å². The molecule has 1 saturated heterocycles. The van der Waals surface area contributed by atoms with E-state index in [1.807, 2.05) is 4.90 Å². The second-order valence-corrected chi connectivity index (χ2v) is 4.60. The van der Waals surface area contributed by atoms with E-state index in [1.54, 1.807) is 11.0 Å². The van der Waals surface area contributed by atoms with Crippen LogP contribution in [0.5, 0.6) is 0 Å². The van der Waals surface area contributed by atoms with E-state index in [9.17, 15) is 4.79 Å². The molecule has 0 bridgehead atoms. The van der Waals surface area contributed by atoms with Gasteiger partial charge >= 0.3 is 0 Å². The number of rotatable bonds is 3. The Labute approximate surface area is 101 Å². The van der Waals surface area contributed by atoms with Crippen LogP contribution in [0.2, 0.25) is 0 Å². The van der Waals surface area contributed by atoms with Gasteiger partial charge in [0, 0.05) is 19.1 Å². The molecule has 1 fully saturated rings. The SMILES string of the molecule is CC1CCCN(C(=O)Cn2cncn2)C1CN. The highest BCUT2D eigenvalue weighted by Crippen LogP contribution is 2.22. The van der Waals surface area contributed by atoms with E-state index in [2.05, 4.69) is 17.0 Å². The summed E-state index contributed by atoms with van der Waals surface area (Å²) in [7, 11) is 0. The molecule has 0 aliphatic carbocycles. The van der Waals surface area contributed by atoms with Crippen molar-refractivity contribution in [2.45, 2.75) is 32.4 Å². The summed E-state index contributed by atoms with van der Waals surface area (Å²) in [6, 6.07) is 0.166. The van der Waals surface area contributed by atoms with E-state index in [0.717, 1.165) is 19.4 Å². The molecule has 0 saturated carbocycles. The summed E-state index contributed by atoms with van der Waals surface area (Å²) < 4.78 is 1.55. The van der Waals surface area contributed by atoms with Gasteiger partial charge < -0.3 is 10.6 Å². The third-order valence-electron chi connectivity index (χ3n) is 3.44. The Morgan fingerprint density at radius 2 is 2.41 bits per heavy atom. The average Bonchev–Trinajstić information content (AvgIpc) is 2.81. The van der Waals surface area contributed by atoms with Crippen LogP contribution in [0.4, 0.5) is 0 Å². The number of nitrogens with zero attached hydrogens (tertiary/aromatic N) is 4. The summed E-state index contributed by atoms with van der Waals surface area (Å²) in [5.41, 5.74) is 5.77. The second kappa shape index (κ2) is 5.27. The van der Waals surface area contributed by atoms with Crippen LogP contribution in [0.1, 0.15) is 19.8 Å². The largest absolute Gasteiger partial charge is 0.337 e. The summed E-state index contributed by atoms with van der Waals surface area (Å²) >= 11 is 0. The van der Waals surface area contributed by atoms with Crippen molar-refractivity contribution in [1.29, 1.82) is 0 Å². The molecular weight excluding hydrogens is 218 g/mol. The predicted octanol–water partition coefficient (Wildman–Crippen LogP) is -0.136. The molecular formula is C11H19N5O. The molecule has 1 amide bonds. The fourth-order valence-electron chi connectivity index (χ4n) is 2.46. The molecule has 94 valence electrons. The lowest BCUT2D eigenvalue weighted by molar-refractivity contribution is -0.136. The molecule has 0 radical (unpaired) electrons. The Hall–Kier alpha value is -1.43. The van der Waals surface area contributed by atoms with Crippen molar-refractivity contribution in [3.8, 4) is 0 Å². The molecule has 2 rings (SSSR count). The van der Waals surface area contributed by atoms with Gasteiger partial charge in [0.25, 0.3) is 0 Å². The number of hydrogen-bond donors (Lipinski definition) is 1. The third-order valence-corrected chi connectivity index (χ3v) is 3.44. The minimum absolute atomic E-state index is 0.0810. The van der Waals surface area contributed by atoms with Gasteiger partial charge in [-0.15, -0.1) is 0 Å². The van der Waals surface area contributed by atoms with Crippen LogP contribution in [-0.4, -0.2) is 44.7 Å². The zero-order chi connectivity index (χ0) is 12.3. The first-order chi connectivity index (χ1) is 8.22. The van der Waals surface area contributed by atoms with Gasteiger partial charge in [-0.25, -0.2) is 9.67 Å². The van der Waals surface area contributed by atoms with Crippen molar-refractivity contribution in [2.75, 3.05) is 13.1 Å². The summed E-state index contributed by atoms with van der Waals surface area (Å²) in [6.45, 7) is 3.75. The smallest absolute Gasteiger partial charge is 0.244 e. The normalized spacial score (nSPS) is 24.9. The number of amides is 1. The molecule has 0 spiro atoms. The Morgan fingerprint density at radius 3 is 3.06 bits per heavy atom. The highest BCUT2D eigenvalue weighted by molar-refractivity contribution is 5.76. The third kappa shape index (κ3) is 2.63. The number of carbonyl (C=O) groups is 1. The quantitative estimate of drug-likeness (QED) is 0.794. The lowest BCUT2D eigenvalue weighted by Gasteiger charge is -2.39. The molecule has 0 aromatic carbocycles. The van der Waals surface area contributed by atoms with Crippen LogP contribution >= 0.6 is 0 Å². The Kier molecular flexibility index (Phi) is 3.73. The highest BCUT2D eigenvalue weighted by Gasteiger charge is 2.30. The van der Waals surface area contributed by atoms with Crippen molar-refractivity contribution in [1.82, 2.24) is 19.7 Å². The van der Waals surface area contributed by atoms with Crippen LogP contribution in [0, 0.1) is 5.92 Å². The fraction of sp³-hybridized carbons (Fsp3) is 0.727. The second-order valence-electron chi connectivity index (χ2n) is 4.60. The topological polar surface area (TPSA) is 77.0 Å². The van der Waals surface area contributed by atoms with Gasteiger partial charge in [0.15, 0.2) is 0 Å². The number of likely N-dealkylation sites (tertiary alicyclic amines) is 1. The van der Waals surface area contributed by atoms with Crippen LogP contribution in [0.15, 0.2) is 12.7 Å². The number of aromatic nitrogens is 3. The van der Waals surface area contributed by atoms with Gasteiger partial charge in [-0.3, -0.25) is 4.79 Å². The zero-order valence-corrected chi connectivity index (χ0v) is 10.1. The van der Waals surface area contributed by atoms with Crippen molar-refractivity contribution in [2.24, 2.45) is 11.7 Å². The Bertz CT molecular complexity index is 364. The molecule has 6 nitrogen and oxygen atoms in total. The molecule has 1 aromatic rings. The number of carbonyl (C=O) groups excluding carboxylic acids is 1. The summed E-state index contributed by atoms with van der Waals surface area (Å²) in [4.78, 5) is 17.9. The van der Waals surface area contributed by atoms with E-state index in [1.165, 1.54) is 6.33 Å². The molecule has 2 heterocycles. The Morgan fingerprint density at radius 1 is 1.59 bits per heavy atom. The molecule has 2 unspecified atom stereocenters. The van der Waals surface area contributed by atoms with Crippen molar-refractivity contribution < 1.29 is 4.79 Å². The summed E-state index contributed by atoms with van der Waals surface area (Å²) in [5, 5.41) is 3.95. The van der Waals surface area contributed by atoms with Gasteiger partial charge in [0.2, 0.25) is 5.91 Å². The number of hydrogen-bond acceptors (Lipinski definition) is 4. The van der Waals surface area contributed by atoms with Crippen molar-refractivity contribution >= 4 is 5.91 Å². The Balaban J connectivity index is 2.02. The first kappa shape index (κ1) is 12.0. The standard InChI is InChI=1S/C11H19N5O/c1-9-3-2-4-16(10(9)5-12)11(17)6-15-8-13-7-14-15/h7-10H,2-6,12H2,1H3. The number of piperidine rings is 1. The fourth-order valence-corrected chi connectivity index (χ4v) is 2.46. The maximum Gasteiger partial charge on any atom is 0.244 e. The lowest BCUT2D eigenvalue weighted by atomic mass is 9.91. The molecule has 2 N–H and O–H groups in total. The van der Waals surface area contributed by atoms with E-state index in [4.69, 9.17) is 5.73 Å². The number of nitrogens with two attached hydrogens (primary N) is 1. The van der Waals surface area contributed by atoms with Gasteiger partial charge in [-0.05, 0) is 18.8 Å². The molecule has 1 aliphatic rings. The van der Waals surface area contributed by atoms with Gasteiger partial charge in [-0.1, -0.05) is 6.92 Å². The highest BCUT2D eigenvalue weighted by atomic mass is 16.2. The van der Waals surface area contributed by atoms with E-state index < -0.39 is 0 Å². The first-order valence-corrected chi connectivity index (χ1v) is 6.04. The maximum atomic E-state index is 12.2. The van der Waals surface area contributed by atoms with Crippen LogP contribution in [0.25, 0.3) is 0 Å². The summed E-state index contributed by atoms with van der Waals surface area (Å²) in [6.07, 6.45) is 5.20. The molecule has 2 atom stereocenters. The predicted molar refractivity (Wildman–Crippen MR) is 63.0 cm³/mol. The average molecular weight is 237 g/mol. The molecule has 6 heteroatoms. The van der Waals surface area contributed by atoms with Crippen LogP contribution < -0.4 is 5.73 Å². The molecule has 1 aliphatic heterocycles. The maximum absolute atomic E-state index is 12.2. The van der Waals surface area contributed by atoms with Gasteiger partial charge in [-0.2, -0.15) is 5.10 Å². The summed E-state index contributed by atoms with van der Waals surface area (Å²) in [5.74, 6) is 0.561.